The predicted molar refractivity (Wildman–Crippen MR) is 126 cm³/mol. The van der Waals surface area contributed by atoms with Gasteiger partial charge in [0, 0.05) is 37.6 Å². The number of piperidine rings is 1. The Balaban J connectivity index is 1.22. The van der Waals surface area contributed by atoms with Gasteiger partial charge in [0.2, 0.25) is 0 Å². The van der Waals surface area contributed by atoms with E-state index in [0.717, 1.165) is 49.0 Å². The molecule has 0 saturated carbocycles. The maximum atomic E-state index is 12.9. The quantitative estimate of drug-likeness (QED) is 0.433. The number of aromatic nitrogens is 6. The second-order valence-corrected chi connectivity index (χ2v) is 8.70. The van der Waals surface area contributed by atoms with Gasteiger partial charge in [0.25, 0.3) is 5.91 Å². The van der Waals surface area contributed by atoms with E-state index in [-0.39, 0.29) is 5.91 Å². The number of carbonyl (C=O) groups excluding carboxylic acids is 1. The van der Waals surface area contributed by atoms with Crippen molar-refractivity contribution >= 4 is 16.9 Å². The molecule has 0 spiro atoms. The molecule has 4 aromatic rings. The van der Waals surface area contributed by atoms with Crippen molar-refractivity contribution in [2.75, 3.05) is 13.1 Å². The minimum atomic E-state index is 0.0212. The zero-order chi connectivity index (χ0) is 22.6. The molecule has 1 aromatic carbocycles. The highest BCUT2D eigenvalue weighted by Crippen LogP contribution is 2.28. The summed E-state index contributed by atoms with van der Waals surface area (Å²) in [4.78, 5) is 23.9. The van der Waals surface area contributed by atoms with E-state index >= 15 is 0 Å². The van der Waals surface area contributed by atoms with Crippen molar-refractivity contribution in [1.82, 2.24) is 34.4 Å². The number of unbranched alkanes of at least 4 members (excludes halogenated alkanes) is 1. The molecule has 0 unspecified atom stereocenters. The number of hydrogen-bond donors (Lipinski definition) is 0. The smallest absolute Gasteiger partial charge is 0.272 e. The molecule has 1 amide bonds. The van der Waals surface area contributed by atoms with Gasteiger partial charge in [-0.3, -0.25) is 9.78 Å². The van der Waals surface area contributed by atoms with Crippen LogP contribution in [0.1, 0.15) is 60.4 Å². The topological polar surface area (TPSA) is 81.7 Å². The highest BCUT2D eigenvalue weighted by molar-refractivity contribution is 5.92. The third-order valence-electron chi connectivity index (χ3n) is 6.46. The second-order valence-electron chi connectivity index (χ2n) is 8.70. The summed E-state index contributed by atoms with van der Waals surface area (Å²) in [6.45, 7) is 4.17. The average Bonchev–Trinajstić information content (AvgIpc) is 3.50. The van der Waals surface area contributed by atoms with Crippen molar-refractivity contribution in [3.8, 4) is 0 Å². The zero-order valence-electron chi connectivity index (χ0n) is 19.0. The normalized spacial score (nSPS) is 14.8. The average molecular weight is 444 g/mol. The number of rotatable bonds is 7. The van der Waals surface area contributed by atoms with Crippen LogP contribution in [0.15, 0.2) is 55.0 Å². The zero-order valence-corrected chi connectivity index (χ0v) is 19.0. The first-order valence-electron chi connectivity index (χ1n) is 11.8. The lowest BCUT2D eigenvalue weighted by atomic mass is 9.95. The van der Waals surface area contributed by atoms with Crippen molar-refractivity contribution in [1.29, 1.82) is 0 Å². The highest BCUT2D eigenvalue weighted by atomic mass is 16.2. The third kappa shape index (κ3) is 4.51. The fraction of sp³-hybridized carbons (Fsp3) is 0.400. The summed E-state index contributed by atoms with van der Waals surface area (Å²) in [5.41, 5.74) is 3.62. The van der Waals surface area contributed by atoms with Crippen LogP contribution >= 0.6 is 0 Å². The number of hydrogen-bond acceptors (Lipinski definition) is 5. The van der Waals surface area contributed by atoms with E-state index in [1.165, 1.54) is 5.56 Å². The Bertz CT molecular complexity index is 1220. The van der Waals surface area contributed by atoms with Crippen LogP contribution in [0, 0.1) is 0 Å². The number of amides is 1. The summed E-state index contributed by atoms with van der Waals surface area (Å²) in [6, 6.07) is 11.9. The first-order chi connectivity index (χ1) is 16.2. The van der Waals surface area contributed by atoms with Gasteiger partial charge in [-0.1, -0.05) is 36.8 Å². The Morgan fingerprint density at radius 2 is 1.94 bits per heavy atom. The summed E-state index contributed by atoms with van der Waals surface area (Å²) in [5.74, 6) is 1.37. The molecule has 0 radical (unpaired) electrons. The fourth-order valence-corrected chi connectivity index (χ4v) is 4.55. The van der Waals surface area contributed by atoms with Crippen LogP contribution in [0.5, 0.6) is 0 Å². The molecule has 1 saturated heterocycles. The number of aryl methyl sites for hydroxylation is 1. The second kappa shape index (κ2) is 9.52. The number of likely N-dealkylation sites (tertiary alicyclic amines) is 1. The first-order valence-corrected chi connectivity index (χ1v) is 11.8. The van der Waals surface area contributed by atoms with Gasteiger partial charge < -0.3 is 9.47 Å². The molecule has 33 heavy (non-hydrogen) atoms. The highest BCUT2D eigenvalue weighted by Gasteiger charge is 2.27. The minimum absolute atomic E-state index is 0.0212. The third-order valence-corrected chi connectivity index (χ3v) is 6.46. The number of imidazole rings is 1. The number of benzene rings is 1. The number of para-hydroxylation sites is 1. The van der Waals surface area contributed by atoms with Crippen LogP contribution in [-0.4, -0.2) is 53.4 Å². The summed E-state index contributed by atoms with van der Waals surface area (Å²) < 4.78 is 4.04. The monoisotopic (exact) mass is 443 g/mol. The molecule has 3 aromatic heterocycles. The fourth-order valence-electron chi connectivity index (χ4n) is 4.55. The molecule has 0 bridgehead atoms. The van der Waals surface area contributed by atoms with Crippen molar-refractivity contribution in [2.24, 2.45) is 0 Å². The standard InChI is InChI=1S/C25H29N7O/c1-2-3-6-19-9-10-22(27-17-19)25(33)30-14-11-20(12-15-30)24-26-13-16-31(24)18-32-23-8-5-4-7-21(23)28-29-32/h4-5,7-10,13,16-17,20H,2-3,6,11-12,14-15,18H2,1H3. The van der Waals surface area contributed by atoms with Gasteiger partial charge in [-0.15, -0.1) is 5.10 Å². The van der Waals surface area contributed by atoms with Crippen LogP contribution in [0.3, 0.4) is 0 Å². The van der Waals surface area contributed by atoms with E-state index in [1.54, 1.807) is 0 Å². The van der Waals surface area contributed by atoms with Gasteiger partial charge >= 0.3 is 0 Å². The van der Waals surface area contributed by atoms with E-state index in [4.69, 9.17) is 0 Å². The maximum Gasteiger partial charge on any atom is 0.272 e. The SMILES string of the molecule is CCCCc1ccc(C(=O)N2CCC(c3nccn3Cn3nnc4ccccc43)CC2)nc1. The molecule has 1 aliphatic rings. The van der Waals surface area contributed by atoms with Crippen molar-refractivity contribution < 1.29 is 4.79 Å². The van der Waals surface area contributed by atoms with E-state index in [0.29, 0.717) is 31.4 Å². The largest absolute Gasteiger partial charge is 0.337 e. The molecule has 8 nitrogen and oxygen atoms in total. The Hall–Kier alpha value is -3.55. The Labute approximate surface area is 193 Å². The van der Waals surface area contributed by atoms with Gasteiger partial charge in [-0.05, 0) is 49.4 Å². The Morgan fingerprint density at radius 3 is 2.73 bits per heavy atom. The summed E-state index contributed by atoms with van der Waals surface area (Å²) in [6.07, 6.45) is 10.8. The number of nitrogens with zero attached hydrogens (tertiary/aromatic N) is 7. The lowest BCUT2D eigenvalue weighted by molar-refractivity contribution is 0.0704. The molecular formula is C25H29N7O. The van der Waals surface area contributed by atoms with Gasteiger partial charge in [0.05, 0.1) is 5.52 Å². The van der Waals surface area contributed by atoms with Crippen LogP contribution < -0.4 is 0 Å². The Kier molecular flexibility index (Phi) is 6.15. The first kappa shape index (κ1) is 21.3. The maximum absolute atomic E-state index is 12.9. The van der Waals surface area contributed by atoms with E-state index in [2.05, 4.69) is 31.8 Å². The summed E-state index contributed by atoms with van der Waals surface area (Å²) in [5, 5.41) is 8.55. The van der Waals surface area contributed by atoms with Crippen LogP contribution in [0.2, 0.25) is 0 Å². The summed E-state index contributed by atoms with van der Waals surface area (Å²) >= 11 is 0. The lowest BCUT2D eigenvalue weighted by Gasteiger charge is -2.31. The number of fused-ring (bicyclic) bond motifs is 1. The van der Waals surface area contributed by atoms with Crippen LogP contribution in [-0.2, 0) is 13.1 Å². The van der Waals surface area contributed by atoms with Crippen molar-refractivity contribution in [3.63, 3.8) is 0 Å². The molecule has 0 aliphatic carbocycles. The predicted octanol–water partition coefficient (Wildman–Crippen LogP) is 3.89. The van der Waals surface area contributed by atoms with Crippen molar-refractivity contribution in [2.45, 2.75) is 51.6 Å². The lowest BCUT2D eigenvalue weighted by Crippen LogP contribution is -2.38. The van der Waals surface area contributed by atoms with Gasteiger partial charge in [0.15, 0.2) is 0 Å². The van der Waals surface area contributed by atoms with E-state index in [9.17, 15) is 4.79 Å². The van der Waals surface area contributed by atoms with E-state index in [1.807, 2.05) is 64.6 Å². The number of carbonyl (C=O) groups is 1. The Morgan fingerprint density at radius 1 is 1.09 bits per heavy atom. The number of pyridine rings is 1. The molecule has 5 rings (SSSR count). The van der Waals surface area contributed by atoms with E-state index < -0.39 is 0 Å². The molecule has 1 fully saturated rings. The molecule has 8 heteroatoms. The molecule has 170 valence electrons. The van der Waals surface area contributed by atoms with Gasteiger partial charge in [-0.2, -0.15) is 0 Å². The van der Waals surface area contributed by atoms with Gasteiger partial charge in [-0.25, -0.2) is 9.67 Å². The molecular weight excluding hydrogens is 414 g/mol. The van der Waals surface area contributed by atoms with Gasteiger partial charge in [0.1, 0.15) is 23.7 Å². The minimum Gasteiger partial charge on any atom is -0.337 e. The van der Waals surface area contributed by atoms with Crippen LogP contribution in [0.4, 0.5) is 0 Å². The molecule has 0 N–H and O–H groups in total. The molecule has 1 aliphatic heterocycles. The van der Waals surface area contributed by atoms with Crippen molar-refractivity contribution in [3.05, 3.63) is 72.1 Å². The van der Waals surface area contributed by atoms with Crippen LogP contribution in [0.25, 0.3) is 11.0 Å². The molecule has 4 heterocycles. The summed E-state index contributed by atoms with van der Waals surface area (Å²) in [7, 11) is 0. The molecule has 0 atom stereocenters.